The molecule has 0 aliphatic heterocycles. The molecule has 0 amide bonds. The number of rotatable bonds is 7. The molecule has 2 heteroatoms. The first-order valence-corrected chi connectivity index (χ1v) is 6.68. The lowest BCUT2D eigenvalue weighted by Gasteiger charge is -2.18. The van der Waals surface area contributed by atoms with E-state index in [1.807, 2.05) is 0 Å². The van der Waals surface area contributed by atoms with Crippen LogP contribution < -0.4 is 5.73 Å². The molecule has 0 radical (unpaired) electrons. The molecule has 0 spiro atoms. The van der Waals surface area contributed by atoms with Gasteiger partial charge < -0.3 is 10.8 Å². The molecule has 2 atom stereocenters. The van der Waals surface area contributed by atoms with Gasteiger partial charge in [0.15, 0.2) is 0 Å². The fourth-order valence-corrected chi connectivity index (χ4v) is 2.21. The van der Waals surface area contributed by atoms with Gasteiger partial charge in [-0.1, -0.05) is 44.5 Å². The molecule has 3 N–H and O–H groups in total. The van der Waals surface area contributed by atoms with Crippen LogP contribution >= 0.6 is 0 Å². The monoisotopic (exact) mass is 235 g/mol. The zero-order valence-corrected chi connectivity index (χ0v) is 11.0. The third-order valence-corrected chi connectivity index (χ3v) is 3.31. The minimum atomic E-state index is -0.379. The molecule has 0 saturated carbocycles. The Morgan fingerprint density at radius 1 is 1.18 bits per heavy atom. The largest absolute Gasteiger partial charge is 0.392 e. The quantitative estimate of drug-likeness (QED) is 0.763. The number of aliphatic hydroxyl groups is 1. The van der Waals surface area contributed by atoms with Crippen LogP contribution in [-0.2, 0) is 6.42 Å². The summed E-state index contributed by atoms with van der Waals surface area (Å²) in [5.41, 5.74) is 8.18. The Hall–Kier alpha value is -0.860. The minimum Gasteiger partial charge on any atom is -0.392 e. The summed E-state index contributed by atoms with van der Waals surface area (Å²) in [7, 11) is 0. The highest BCUT2D eigenvalue weighted by Crippen LogP contribution is 2.25. The smallest absolute Gasteiger partial charge is 0.0668 e. The minimum absolute atomic E-state index is 0.352. The van der Waals surface area contributed by atoms with Gasteiger partial charge in [0.25, 0.3) is 0 Å². The second-order valence-electron chi connectivity index (χ2n) is 4.72. The van der Waals surface area contributed by atoms with E-state index in [9.17, 15) is 5.11 Å². The van der Waals surface area contributed by atoms with Crippen molar-refractivity contribution in [3.05, 3.63) is 35.4 Å². The summed E-state index contributed by atoms with van der Waals surface area (Å²) < 4.78 is 0. The van der Waals surface area contributed by atoms with Gasteiger partial charge in [-0.05, 0) is 36.3 Å². The highest BCUT2D eigenvalue weighted by molar-refractivity contribution is 5.25. The van der Waals surface area contributed by atoms with E-state index < -0.39 is 0 Å². The third-order valence-electron chi connectivity index (χ3n) is 3.31. The van der Waals surface area contributed by atoms with Crippen molar-refractivity contribution in [2.75, 3.05) is 6.54 Å². The molecule has 0 aliphatic carbocycles. The maximum absolute atomic E-state index is 9.63. The topological polar surface area (TPSA) is 46.2 Å². The van der Waals surface area contributed by atoms with Gasteiger partial charge >= 0.3 is 0 Å². The molecule has 1 aromatic rings. The molecule has 17 heavy (non-hydrogen) atoms. The van der Waals surface area contributed by atoms with Crippen LogP contribution in [0.4, 0.5) is 0 Å². The van der Waals surface area contributed by atoms with Crippen LogP contribution in [0, 0.1) is 0 Å². The second kappa shape index (κ2) is 7.46. The molecule has 2 unspecified atom stereocenters. The SMILES string of the molecule is CCCc1ccc(C(CC)CC(O)CN)cc1. The van der Waals surface area contributed by atoms with Gasteiger partial charge in [-0.3, -0.25) is 0 Å². The molecular weight excluding hydrogens is 210 g/mol. The maximum atomic E-state index is 9.63. The molecule has 2 nitrogen and oxygen atoms in total. The molecule has 0 heterocycles. The summed E-state index contributed by atoms with van der Waals surface area (Å²) >= 11 is 0. The van der Waals surface area contributed by atoms with Crippen LogP contribution in [0.2, 0.25) is 0 Å². The van der Waals surface area contributed by atoms with Gasteiger partial charge in [0, 0.05) is 6.54 Å². The molecule has 1 rings (SSSR count). The lowest BCUT2D eigenvalue weighted by molar-refractivity contribution is 0.162. The van der Waals surface area contributed by atoms with Gasteiger partial charge in [0.2, 0.25) is 0 Å². The molecule has 0 aromatic heterocycles. The zero-order chi connectivity index (χ0) is 12.7. The van der Waals surface area contributed by atoms with E-state index in [0.29, 0.717) is 12.5 Å². The van der Waals surface area contributed by atoms with Gasteiger partial charge in [-0.2, -0.15) is 0 Å². The lowest BCUT2D eigenvalue weighted by atomic mass is 9.90. The van der Waals surface area contributed by atoms with Gasteiger partial charge in [0.05, 0.1) is 6.10 Å². The van der Waals surface area contributed by atoms with Gasteiger partial charge in [0.1, 0.15) is 0 Å². The number of hydrogen-bond donors (Lipinski definition) is 2. The van der Waals surface area contributed by atoms with Gasteiger partial charge in [-0.25, -0.2) is 0 Å². The van der Waals surface area contributed by atoms with Crippen LogP contribution in [0.3, 0.4) is 0 Å². The first-order chi connectivity index (χ1) is 8.21. The molecule has 0 fully saturated rings. The van der Waals surface area contributed by atoms with Crippen LogP contribution in [0.25, 0.3) is 0 Å². The Labute approximate surface area is 105 Å². The van der Waals surface area contributed by atoms with Gasteiger partial charge in [-0.15, -0.1) is 0 Å². The fraction of sp³-hybridized carbons (Fsp3) is 0.600. The van der Waals surface area contributed by atoms with Crippen molar-refractivity contribution in [1.29, 1.82) is 0 Å². The van der Waals surface area contributed by atoms with E-state index >= 15 is 0 Å². The highest BCUT2D eigenvalue weighted by Gasteiger charge is 2.13. The van der Waals surface area contributed by atoms with Crippen molar-refractivity contribution in [2.24, 2.45) is 5.73 Å². The zero-order valence-electron chi connectivity index (χ0n) is 11.0. The molecule has 0 aliphatic rings. The first-order valence-electron chi connectivity index (χ1n) is 6.68. The van der Waals surface area contributed by atoms with Crippen molar-refractivity contribution < 1.29 is 5.11 Å². The Balaban J connectivity index is 2.68. The number of aryl methyl sites for hydroxylation is 1. The van der Waals surface area contributed by atoms with E-state index in [4.69, 9.17) is 5.73 Å². The maximum Gasteiger partial charge on any atom is 0.0668 e. The van der Waals surface area contributed by atoms with Crippen molar-refractivity contribution in [2.45, 2.75) is 51.6 Å². The standard InChI is InChI=1S/C15H25NO/c1-3-5-12-6-8-14(9-7-12)13(4-2)10-15(17)11-16/h6-9,13,15,17H,3-5,10-11,16H2,1-2H3. The first kappa shape index (κ1) is 14.2. The number of benzene rings is 1. The summed E-state index contributed by atoms with van der Waals surface area (Å²) in [4.78, 5) is 0. The highest BCUT2D eigenvalue weighted by atomic mass is 16.3. The molecule has 0 saturated heterocycles. The summed E-state index contributed by atoms with van der Waals surface area (Å²) in [6.45, 7) is 4.71. The van der Waals surface area contributed by atoms with E-state index in [1.54, 1.807) is 0 Å². The third kappa shape index (κ3) is 4.49. The Bertz CT molecular complexity index is 307. The summed E-state index contributed by atoms with van der Waals surface area (Å²) in [6, 6.07) is 8.80. The molecule has 0 bridgehead atoms. The van der Waals surface area contributed by atoms with E-state index in [1.165, 1.54) is 17.5 Å². The summed E-state index contributed by atoms with van der Waals surface area (Å²) in [6.07, 6.45) is 3.75. The van der Waals surface area contributed by atoms with E-state index in [0.717, 1.165) is 19.3 Å². The van der Waals surface area contributed by atoms with Crippen molar-refractivity contribution in [1.82, 2.24) is 0 Å². The van der Waals surface area contributed by atoms with Crippen LogP contribution in [0.15, 0.2) is 24.3 Å². The van der Waals surface area contributed by atoms with E-state index in [2.05, 4.69) is 38.1 Å². The number of aliphatic hydroxyl groups excluding tert-OH is 1. The molecular formula is C15H25NO. The van der Waals surface area contributed by atoms with Crippen LogP contribution in [0.5, 0.6) is 0 Å². The van der Waals surface area contributed by atoms with Crippen molar-refractivity contribution in [3.8, 4) is 0 Å². The average molecular weight is 235 g/mol. The fourth-order valence-electron chi connectivity index (χ4n) is 2.21. The Morgan fingerprint density at radius 2 is 1.82 bits per heavy atom. The van der Waals surface area contributed by atoms with Crippen molar-refractivity contribution >= 4 is 0 Å². The second-order valence-corrected chi connectivity index (χ2v) is 4.72. The molecule has 1 aromatic carbocycles. The van der Waals surface area contributed by atoms with Crippen LogP contribution in [-0.4, -0.2) is 17.8 Å². The van der Waals surface area contributed by atoms with Crippen molar-refractivity contribution in [3.63, 3.8) is 0 Å². The summed E-state index contributed by atoms with van der Waals surface area (Å²) in [5.74, 6) is 0.421. The lowest BCUT2D eigenvalue weighted by Crippen LogP contribution is -2.22. The number of hydrogen-bond acceptors (Lipinski definition) is 2. The van der Waals surface area contributed by atoms with E-state index in [-0.39, 0.29) is 6.10 Å². The summed E-state index contributed by atoms with van der Waals surface area (Å²) in [5, 5.41) is 9.63. The normalized spacial score (nSPS) is 14.6. The Morgan fingerprint density at radius 3 is 2.29 bits per heavy atom. The van der Waals surface area contributed by atoms with Crippen LogP contribution in [0.1, 0.15) is 50.2 Å². The average Bonchev–Trinajstić information content (AvgIpc) is 2.37. The molecule has 96 valence electrons. The predicted molar refractivity (Wildman–Crippen MR) is 73.1 cm³/mol. The Kier molecular flexibility index (Phi) is 6.23. The number of nitrogens with two attached hydrogens (primary N) is 1. The predicted octanol–water partition coefficient (Wildman–Crippen LogP) is 2.84.